The Balaban J connectivity index is 2.03. The predicted octanol–water partition coefficient (Wildman–Crippen LogP) is 6.85. The molecule has 0 saturated carbocycles. The Hall–Kier alpha value is -1.35. The van der Waals surface area contributed by atoms with E-state index in [1.165, 1.54) is 31.4 Å². The minimum Gasteiger partial charge on any atom is -0.0814 e. The Morgan fingerprint density at radius 2 is 1.61 bits per heavy atom. The largest absolute Gasteiger partial charge is 0.0814 e. The van der Waals surface area contributed by atoms with Crippen molar-refractivity contribution in [2.24, 2.45) is 5.92 Å². The highest BCUT2D eigenvalue weighted by atomic mass is 127. The van der Waals surface area contributed by atoms with Crippen molar-refractivity contribution in [2.75, 3.05) is 0 Å². The van der Waals surface area contributed by atoms with Gasteiger partial charge in [-0.05, 0) is 74.5 Å². The van der Waals surface area contributed by atoms with E-state index >= 15 is 0 Å². The molecule has 23 heavy (non-hydrogen) atoms. The van der Waals surface area contributed by atoms with Crippen LogP contribution in [0.15, 0.2) is 60.7 Å². The van der Waals surface area contributed by atoms with E-state index in [1.54, 1.807) is 0 Å². The standard InChI is InChI=1S/C22H23I/c1-15(2)5-6-18-14-22(3,4)21-13-17(9-12-20(18)21)16-7-10-19(23)11-8-16/h5-15H,1-4H3/b6-5-. The minimum atomic E-state index is 0.0885. The molecule has 0 atom stereocenters. The van der Waals surface area contributed by atoms with Crippen LogP contribution in [0, 0.1) is 9.49 Å². The zero-order valence-electron chi connectivity index (χ0n) is 14.2. The van der Waals surface area contributed by atoms with Gasteiger partial charge in [0.25, 0.3) is 0 Å². The Labute approximate surface area is 153 Å². The SMILES string of the molecule is CC(C)/C=C\C1=CC(C)(C)c2cc(-c3ccc(I)cc3)ccc21. The van der Waals surface area contributed by atoms with Crippen LogP contribution in [0.25, 0.3) is 16.7 Å². The van der Waals surface area contributed by atoms with E-state index in [-0.39, 0.29) is 5.41 Å². The predicted molar refractivity (Wildman–Crippen MR) is 110 cm³/mol. The molecule has 1 aliphatic carbocycles. The molecular weight excluding hydrogens is 391 g/mol. The van der Waals surface area contributed by atoms with Gasteiger partial charge in [-0.15, -0.1) is 0 Å². The van der Waals surface area contributed by atoms with Crippen LogP contribution in [0.5, 0.6) is 0 Å². The van der Waals surface area contributed by atoms with Crippen LogP contribution in [0.2, 0.25) is 0 Å². The van der Waals surface area contributed by atoms with E-state index in [2.05, 4.69) is 111 Å². The van der Waals surface area contributed by atoms with Gasteiger partial charge in [0.05, 0.1) is 0 Å². The van der Waals surface area contributed by atoms with Crippen LogP contribution in [-0.2, 0) is 5.41 Å². The van der Waals surface area contributed by atoms with E-state index in [9.17, 15) is 0 Å². The van der Waals surface area contributed by atoms with Crippen LogP contribution in [0.1, 0.15) is 38.8 Å². The first-order chi connectivity index (χ1) is 10.9. The third kappa shape index (κ3) is 3.45. The van der Waals surface area contributed by atoms with Gasteiger partial charge >= 0.3 is 0 Å². The van der Waals surface area contributed by atoms with Crippen LogP contribution >= 0.6 is 22.6 Å². The first-order valence-electron chi connectivity index (χ1n) is 8.19. The van der Waals surface area contributed by atoms with E-state index in [0.29, 0.717) is 5.92 Å². The highest BCUT2D eigenvalue weighted by Crippen LogP contribution is 2.42. The minimum absolute atomic E-state index is 0.0885. The summed E-state index contributed by atoms with van der Waals surface area (Å²) in [6.45, 7) is 9.05. The van der Waals surface area contributed by atoms with Crippen molar-refractivity contribution in [3.05, 3.63) is 75.4 Å². The molecule has 2 aromatic rings. The zero-order chi connectivity index (χ0) is 16.6. The lowest BCUT2D eigenvalue weighted by atomic mass is 9.85. The summed E-state index contributed by atoms with van der Waals surface area (Å²) in [5, 5.41) is 0. The Morgan fingerprint density at radius 1 is 0.957 bits per heavy atom. The summed E-state index contributed by atoms with van der Waals surface area (Å²) < 4.78 is 1.27. The summed E-state index contributed by atoms with van der Waals surface area (Å²) in [5.41, 5.74) is 6.84. The number of halogens is 1. The van der Waals surface area contributed by atoms with Crippen molar-refractivity contribution < 1.29 is 0 Å². The van der Waals surface area contributed by atoms with Gasteiger partial charge in [0.2, 0.25) is 0 Å². The highest BCUT2D eigenvalue weighted by Gasteiger charge is 2.29. The molecule has 0 aromatic heterocycles. The lowest BCUT2D eigenvalue weighted by molar-refractivity contribution is 0.683. The van der Waals surface area contributed by atoms with Gasteiger partial charge in [-0.25, -0.2) is 0 Å². The van der Waals surface area contributed by atoms with Crippen LogP contribution in [0.3, 0.4) is 0 Å². The second-order valence-electron chi connectivity index (χ2n) is 7.19. The van der Waals surface area contributed by atoms with Crippen molar-refractivity contribution in [3.8, 4) is 11.1 Å². The molecule has 0 N–H and O–H groups in total. The molecule has 1 heteroatoms. The van der Waals surface area contributed by atoms with Crippen molar-refractivity contribution in [2.45, 2.75) is 33.1 Å². The van der Waals surface area contributed by atoms with E-state index < -0.39 is 0 Å². The maximum absolute atomic E-state index is 2.40. The third-order valence-electron chi connectivity index (χ3n) is 4.38. The number of benzene rings is 2. The smallest absolute Gasteiger partial charge is 0.0130 e. The second kappa shape index (κ2) is 6.27. The fourth-order valence-electron chi connectivity index (χ4n) is 3.13. The van der Waals surface area contributed by atoms with Crippen LogP contribution < -0.4 is 0 Å². The molecule has 1 aliphatic rings. The molecule has 0 heterocycles. The van der Waals surface area contributed by atoms with Crippen molar-refractivity contribution in [3.63, 3.8) is 0 Å². The summed E-state index contributed by atoms with van der Waals surface area (Å²) in [5.74, 6) is 0.578. The fraction of sp³-hybridized carbons (Fsp3) is 0.273. The fourth-order valence-corrected chi connectivity index (χ4v) is 3.49. The molecule has 0 nitrogen and oxygen atoms in total. The Bertz CT molecular complexity index is 774. The number of fused-ring (bicyclic) bond motifs is 1. The Morgan fingerprint density at radius 3 is 2.26 bits per heavy atom. The average Bonchev–Trinajstić information content (AvgIpc) is 2.77. The molecule has 118 valence electrons. The molecule has 0 aliphatic heterocycles. The van der Waals surface area contributed by atoms with E-state index in [0.717, 1.165) is 0 Å². The lowest BCUT2D eigenvalue weighted by Crippen LogP contribution is -2.10. The number of hydrogen-bond acceptors (Lipinski definition) is 0. The van der Waals surface area contributed by atoms with E-state index in [4.69, 9.17) is 0 Å². The number of rotatable bonds is 3. The third-order valence-corrected chi connectivity index (χ3v) is 5.10. The monoisotopic (exact) mass is 414 g/mol. The maximum atomic E-state index is 2.40. The summed E-state index contributed by atoms with van der Waals surface area (Å²) in [4.78, 5) is 0. The van der Waals surface area contributed by atoms with Gasteiger partial charge in [0, 0.05) is 8.99 Å². The van der Waals surface area contributed by atoms with Crippen LogP contribution in [0.4, 0.5) is 0 Å². The molecule has 0 amide bonds. The van der Waals surface area contributed by atoms with Crippen LogP contribution in [-0.4, -0.2) is 0 Å². The Kier molecular flexibility index (Phi) is 4.50. The molecule has 0 bridgehead atoms. The molecule has 0 unspecified atom stereocenters. The highest BCUT2D eigenvalue weighted by molar-refractivity contribution is 14.1. The molecular formula is C22H23I. The first kappa shape index (κ1) is 16.5. The summed E-state index contributed by atoms with van der Waals surface area (Å²) in [6.07, 6.45) is 6.96. The quantitative estimate of drug-likeness (QED) is 0.482. The molecule has 3 rings (SSSR count). The summed E-state index contributed by atoms with van der Waals surface area (Å²) >= 11 is 2.35. The van der Waals surface area contributed by atoms with Gasteiger partial charge < -0.3 is 0 Å². The summed E-state index contributed by atoms with van der Waals surface area (Å²) in [7, 11) is 0. The lowest BCUT2D eigenvalue weighted by Gasteiger charge is -2.18. The van der Waals surface area contributed by atoms with Gasteiger partial charge in [-0.3, -0.25) is 0 Å². The zero-order valence-corrected chi connectivity index (χ0v) is 16.4. The van der Waals surface area contributed by atoms with Gasteiger partial charge in [-0.2, -0.15) is 0 Å². The number of hydrogen-bond donors (Lipinski definition) is 0. The molecule has 0 spiro atoms. The molecule has 0 radical (unpaired) electrons. The number of allylic oxidation sites excluding steroid dienone is 4. The average molecular weight is 414 g/mol. The van der Waals surface area contributed by atoms with Gasteiger partial charge in [0.15, 0.2) is 0 Å². The second-order valence-corrected chi connectivity index (χ2v) is 8.44. The van der Waals surface area contributed by atoms with Crippen molar-refractivity contribution in [1.29, 1.82) is 0 Å². The van der Waals surface area contributed by atoms with Gasteiger partial charge in [-0.1, -0.05) is 70.2 Å². The summed E-state index contributed by atoms with van der Waals surface area (Å²) in [6, 6.07) is 15.7. The molecule has 2 aromatic carbocycles. The normalized spacial score (nSPS) is 16.0. The van der Waals surface area contributed by atoms with Gasteiger partial charge in [0.1, 0.15) is 0 Å². The first-order valence-corrected chi connectivity index (χ1v) is 9.26. The maximum Gasteiger partial charge on any atom is 0.0130 e. The topological polar surface area (TPSA) is 0 Å². The molecule has 0 saturated heterocycles. The molecule has 0 fully saturated rings. The van der Waals surface area contributed by atoms with E-state index in [1.807, 2.05) is 0 Å². The van der Waals surface area contributed by atoms with Crippen molar-refractivity contribution >= 4 is 28.2 Å². The van der Waals surface area contributed by atoms with Crippen molar-refractivity contribution in [1.82, 2.24) is 0 Å².